The molecule has 0 aliphatic carbocycles. The van der Waals surface area contributed by atoms with E-state index in [1.807, 2.05) is 6.92 Å². The molecule has 0 saturated heterocycles. The third-order valence-corrected chi connectivity index (χ3v) is 2.95. The highest BCUT2D eigenvalue weighted by atomic mass is 16.4. The van der Waals surface area contributed by atoms with Crippen molar-refractivity contribution in [2.24, 2.45) is 0 Å². The molecule has 5 nitrogen and oxygen atoms in total. The first kappa shape index (κ1) is 13.7. The second kappa shape index (κ2) is 5.13. The number of hydrogen-bond donors (Lipinski definition) is 1. The summed E-state index contributed by atoms with van der Waals surface area (Å²) < 4.78 is 0. The van der Waals surface area contributed by atoms with Gasteiger partial charge in [0.05, 0.1) is 5.69 Å². The lowest BCUT2D eigenvalue weighted by Gasteiger charge is -2.14. The molecule has 0 radical (unpaired) electrons. The number of carboxylic acids is 1. The molecule has 0 atom stereocenters. The van der Waals surface area contributed by atoms with Crippen LogP contribution in [0.3, 0.4) is 0 Å². The fourth-order valence-electron chi connectivity index (χ4n) is 1.83. The van der Waals surface area contributed by atoms with Crippen LogP contribution in [0.15, 0.2) is 47.6 Å². The molecule has 20 heavy (non-hydrogen) atoms. The Labute approximate surface area is 115 Å². The Morgan fingerprint density at radius 2 is 1.80 bits per heavy atom. The van der Waals surface area contributed by atoms with E-state index in [0.717, 1.165) is 16.5 Å². The normalized spacial score (nSPS) is 15.6. The largest absolute Gasteiger partial charge is 0.478 e. The topological polar surface area (TPSA) is 74.7 Å². The minimum atomic E-state index is -1.13. The Hall–Kier alpha value is -2.69. The van der Waals surface area contributed by atoms with Gasteiger partial charge in [-0.3, -0.25) is 9.59 Å². The number of aryl methyl sites for hydroxylation is 1. The predicted molar refractivity (Wildman–Crippen MR) is 73.1 cm³/mol. The predicted octanol–water partition coefficient (Wildman–Crippen LogP) is 1.83. The fraction of sp³-hybridized carbons (Fsp3) is 0.133. The summed E-state index contributed by atoms with van der Waals surface area (Å²) in [5.74, 6) is -2.11. The van der Waals surface area contributed by atoms with Crippen molar-refractivity contribution in [2.75, 3.05) is 4.90 Å². The van der Waals surface area contributed by atoms with Gasteiger partial charge in [-0.25, -0.2) is 9.69 Å². The Balaban J connectivity index is 2.32. The number of nitrogens with zero attached hydrogens (tertiary/aromatic N) is 1. The van der Waals surface area contributed by atoms with Crippen molar-refractivity contribution in [3.8, 4) is 0 Å². The number of carbonyl (C=O) groups excluding carboxylic acids is 2. The van der Waals surface area contributed by atoms with E-state index >= 15 is 0 Å². The maximum Gasteiger partial charge on any atom is 0.331 e. The van der Waals surface area contributed by atoms with Crippen LogP contribution in [0, 0.1) is 6.92 Å². The molecular formula is C15H13NO4. The van der Waals surface area contributed by atoms with Gasteiger partial charge in [0.15, 0.2) is 0 Å². The van der Waals surface area contributed by atoms with E-state index in [0.29, 0.717) is 5.69 Å². The molecule has 0 saturated carbocycles. The zero-order valence-corrected chi connectivity index (χ0v) is 11.1. The van der Waals surface area contributed by atoms with Crippen LogP contribution < -0.4 is 4.90 Å². The maximum atomic E-state index is 12.2. The van der Waals surface area contributed by atoms with Gasteiger partial charge in [0, 0.05) is 17.2 Å². The smallest absolute Gasteiger partial charge is 0.331 e. The van der Waals surface area contributed by atoms with Crippen LogP contribution in [0.1, 0.15) is 12.5 Å². The molecule has 1 aliphatic rings. The number of carbonyl (C=O) groups is 3. The summed E-state index contributed by atoms with van der Waals surface area (Å²) in [6, 6.07) is 6.95. The molecule has 0 unspecified atom stereocenters. The first-order valence-corrected chi connectivity index (χ1v) is 5.98. The Bertz CT molecular complexity index is 653. The average Bonchev–Trinajstić information content (AvgIpc) is 2.66. The van der Waals surface area contributed by atoms with Crippen LogP contribution in [0.25, 0.3) is 0 Å². The van der Waals surface area contributed by atoms with Crippen LogP contribution >= 0.6 is 0 Å². The van der Waals surface area contributed by atoms with Crippen molar-refractivity contribution in [3.63, 3.8) is 0 Å². The van der Waals surface area contributed by atoms with E-state index < -0.39 is 17.8 Å². The lowest BCUT2D eigenvalue weighted by atomic mass is 10.1. The summed E-state index contributed by atoms with van der Waals surface area (Å²) in [7, 11) is 0. The van der Waals surface area contributed by atoms with Gasteiger partial charge in [-0.15, -0.1) is 0 Å². The molecule has 1 heterocycles. The van der Waals surface area contributed by atoms with Crippen LogP contribution in [0.2, 0.25) is 0 Å². The molecule has 0 bridgehead atoms. The number of rotatable bonds is 3. The van der Waals surface area contributed by atoms with Crippen LogP contribution in [-0.2, 0) is 14.4 Å². The quantitative estimate of drug-likeness (QED) is 0.672. The molecule has 0 spiro atoms. The summed E-state index contributed by atoms with van der Waals surface area (Å²) in [6.45, 7) is 3.27. The Morgan fingerprint density at radius 1 is 1.20 bits per heavy atom. The van der Waals surface area contributed by atoms with E-state index in [2.05, 4.69) is 0 Å². The summed E-state index contributed by atoms with van der Waals surface area (Å²) >= 11 is 0. The number of hydrogen-bond acceptors (Lipinski definition) is 3. The van der Waals surface area contributed by atoms with E-state index in [1.165, 1.54) is 13.0 Å². The molecule has 0 aromatic heterocycles. The molecule has 2 amide bonds. The van der Waals surface area contributed by atoms with Gasteiger partial charge in [-0.1, -0.05) is 17.7 Å². The monoisotopic (exact) mass is 271 g/mol. The van der Waals surface area contributed by atoms with Crippen molar-refractivity contribution in [1.29, 1.82) is 0 Å². The number of carboxylic acid groups (broad SMARTS) is 1. The van der Waals surface area contributed by atoms with Gasteiger partial charge in [-0.05, 0) is 32.1 Å². The zero-order valence-electron chi connectivity index (χ0n) is 11.1. The summed E-state index contributed by atoms with van der Waals surface area (Å²) in [6.07, 6.45) is 2.35. The molecule has 5 heteroatoms. The van der Waals surface area contributed by atoms with E-state index in [-0.39, 0.29) is 11.1 Å². The van der Waals surface area contributed by atoms with Gasteiger partial charge in [-0.2, -0.15) is 0 Å². The maximum absolute atomic E-state index is 12.2. The van der Waals surface area contributed by atoms with E-state index in [9.17, 15) is 14.4 Å². The molecule has 1 N–H and O–H groups in total. The molecular weight excluding hydrogens is 258 g/mol. The number of amides is 2. The lowest BCUT2D eigenvalue weighted by Crippen LogP contribution is -2.30. The standard InChI is InChI=1S/C15H13NO4/c1-9-3-5-12(6-4-9)16-13(17)8-11(14(16)18)7-10(2)15(19)20/h3-8H,1-2H3,(H,19,20). The second-order valence-electron chi connectivity index (χ2n) is 4.55. The van der Waals surface area contributed by atoms with Gasteiger partial charge in [0.1, 0.15) is 0 Å². The SMILES string of the molecule is CC(=CC1=CC(=O)N(c2ccc(C)cc2)C1=O)C(=O)O. The van der Waals surface area contributed by atoms with Crippen molar-refractivity contribution in [1.82, 2.24) is 0 Å². The number of aliphatic carboxylic acids is 1. The molecule has 1 aromatic rings. The summed E-state index contributed by atoms with van der Waals surface area (Å²) in [5.41, 5.74) is 1.57. The lowest BCUT2D eigenvalue weighted by molar-refractivity contribution is -0.132. The van der Waals surface area contributed by atoms with Gasteiger partial charge >= 0.3 is 5.97 Å². The number of anilines is 1. The molecule has 1 aromatic carbocycles. The van der Waals surface area contributed by atoms with Crippen LogP contribution in [0.5, 0.6) is 0 Å². The highest BCUT2D eigenvalue weighted by molar-refractivity contribution is 6.31. The van der Waals surface area contributed by atoms with Gasteiger partial charge in [0.2, 0.25) is 0 Å². The van der Waals surface area contributed by atoms with Crippen molar-refractivity contribution < 1.29 is 19.5 Å². The molecule has 0 fully saturated rings. The van der Waals surface area contributed by atoms with Crippen molar-refractivity contribution >= 4 is 23.5 Å². The van der Waals surface area contributed by atoms with Gasteiger partial charge < -0.3 is 5.11 Å². The third-order valence-electron chi connectivity index (χ3n) is 2.95. The fourth-order valence-corrected chi connectivity index (χ4v) is 1.83. The van der Waals surface area contributed by atoms with E-state index in [1.54, 1.807) is 24.3 Å². The Kier molecular flexibility index (Phi) is 3.52. The zero-order chi connectivity index (χ0) is 14.9. The average molecular weight is 271 g/mol. The molecule has 2 rings (SSSR count). The third kappa shape index (κ3) is 2.51. The first-order valence-electron chi connectivity index (χ1n) is 5.98. The number of benzene rings is 1. The van der Waals surface area contributed by atoms with Crippen LogP contribution in [0.4, 0.5) is 5.69 Å². The number of imide groups is 1. The minimum absolute atomic E-state index is 0.00292. The molecule has 102 valence electrons. The molecule has 1 aliphatic heterocycles. The first-order chi connectivity index (χ1) is 9.40. The van der Waals surface area contributed by atoms with Crippen molar-refractivity contribution in [2.45, 2.75) is 13.8 Å². The second-order valence-corrected chi connectivity index (χ2v) is 4.55. The Morgan fingerprint density at radius 3 is 2.35 bits per heavy atom. The van der Waals surface area contributed by atoms with Crippen molar-refractivity contribution in [3.05, 3.63) is 53.1 Å². The highest BCUT2D eigenvalue weighted by Crippen LogP contribution is 2.24. The summed E-state index contributed by atoms with van der Waals surface area (Å²) in [5, 5.41) is 8.80. The highest BCUT2D eigenvalue weighted by Gasteiger charge is 2.31. The minimum Gasteiger partial charge on any atom is -0.478 e. The summed E-state index contributed by atoms with van der Waals surface area (Å²) in [4.78, 5) is 35.8. The van der Waals surface area contributed by atoms with E-state index in [4.69, 9.17) is 5.11 Å². The van der Waals surface area contributed by atoms with Gasteiger partial charge in [0.25, 0.3) is 11.8 Å². The van der Waals surface area contributed by atoms with Crippen LogP contribution in [-0.4, -0.2) is 22.9 Å².